The number of amides is 1. The molecule has 1 aliphatic rings. The van der Waals surface area contributed by atoms with Crippen LogP contribution in [0.5, 0.6) is 11.5 Å². The summed E-state index contributed by atoms with van der Waals surface area (Å²) < 4.78 is 11.3. The highest BCUT2D eigenvalue weighted by Gasteiger charge is 2.17. The summed E-state index contributed by atoms with van der Waals surface area (Å²) in [6.07, 6.45) is 0.817. The van der Waals surface area contributed by atoms with E-state index in [0.717, 1.165) is 28.8 Å². The minimum atomic E-state index is -0.0406. The number of carbonyl (C=O) groups excluding carboxylic acids is 1. The molecule has 4 rings (SSSR count). The number of aromatic nitrogens is 2. The van der Waals surface area contributed by atoms with Gasteiger partial charge in [-0.3, -0.25) is 4.79 Å². The number of ether oxygens (including phenoxy) is 2. The summed E-state index contributed by atoms with van der Waals surface area (Å²) in [6, 6.07) is 11.6. The number of imidazole rings is 1. The first-order valence-corrected chi connectivity index (χ1v) is 10.9. The minimum absolute atomic E-state index is 0.0406. The molecule has 1 unspecified atom stereocenters. The maximum absolute atomic E-state index is 12.3. The van der Waals surface area contributed by atoms with E-state index < -0.39 is 0 Å². The summed E-state index contributed by atoms with van der Waals surface area (Å²) in [6.45, 7) is 3.60. The summed E-state index contributed by atoms with van der Waals surface area (Å²) in [4.78, 5) is 20.2. The lowest BCUT2D eigenvalue weighted by Crippen LogP contribution is -2.25. The van der Waals surface area contributed by atoms with Crippen molar-refractivity contribution in [1.82, 2.24) is 15.3 Å². The fourth-order valence-corrected chi connectivity index (χ4v) is 4.14. The molecular weight excluding hydrogens is 410 g/mol. The number of halogens is 1. The zero-order chi connectivity index (χ0) is 20.2. The van der Waals surface area contributed by atoms with Crippen molar-refractivity contribution in [3.8, 4) is 11.5 Å². The van der Waals surface area contributed by atoms with Gasteiger partial charge in [0.15, 0.2) is 11.5 Å². The molecule has 1 aliphatic heterocycles. The molecular formula is C21H22ClN3O3S. The predicted molar refractivity (Wildman–Crippen MR) is 116 cm³/mol. The number of rotatable bonds is 6. The highest BCUT2D eigenvalue weighted by atomic mass is 35.5. The summed E-state index contributed by atoms with van der Waals surface area (Å²) in [5.74, 6) is 2.39. The Kier molecular flexibility index (Phi) is 6.16. The third-order valence-electron chi connectivity index (χ3n) is 4.61. The molecule has 1 atom stereocenters. The van der Waals surface area contributed by atoms with E-state index in [1.54, 1.807) is 17.8 Å². The van der Waals surface area contributed by atoms with Crippen LogP contribution in [0.2, 0.25) is 5.02 Å². The predicted octanol–water partition coefficient (Wildman–Crippen LogP) is 4.49. The Hall–Kier alpha value is -2.38. The summed E-state index contributed by atoms with van der Waals surface area (Å²) in [7, 11) is 0. The van der Waals surface area contributed by atoms with Crippen LogP contribution in [-0.4, -0.2) is 34.8 Å². The van der Waals surface area contributed by atoms with Crippen molar-refractivity contribution in [3.63, 3.8) is 0 Å². The van der Waals surface area contributed by atoms with Crippen molar-refractivity contribution in [2.24, 2.45) is 0 Å². The molecule has 1 amide bonds. The Bertz CT molecular complexity index is 991. The molecule has 0 fully saturated rings. The van der Waals surface area contributed by atoms with Crippen molar-refractivity contribution in [2.75, 3.05) is 19.0 Å². The van der Waals surface area contributed by atoms with Crippen molar-refractivity contribution < 1.29 is 14.3 Å². The molecule has 2 N–H and O–H groups in total. The molecule has 0 saturated heterocycles. The molecule has 8 heteroatoms. The maximum Gasteiger partial charge on any atom is 0.230 e. The van der Waals surface area contributed by atoms with Gasteiger partial charge in [0, 0.05) is 13.0 Å². The van der Waals surface area contributed by atoms with Crippen LogP contribution in [0.3, 0.4) is 0 Å². The minimum Gasteiger partial charge on any atom is -0.489 e. The van der Waals surface area contributed by atoms with Gasteiger partial charge in [0.1, 0.15) is 5.82 Å². The van der Waals surface area contributed by atoms with Gasteiger partial charge in [-0.15, -0.1) is 11.8 Å². The Morgan fingerprint density at radius 2 is 2.14 bits per heavy atom. The third-order valence-corrected chi connectivity index (χ3v) is 6.04. The van der Waals surface area contributed by atoms with E-state index in [-0.39, 0.29) is 11.2 Å². The molecule has 0 aliphatic carbocycles. The van der Waals surface area contributed by atoms with E-state index in [2.05, 4.69) is 15.3 Å². The van der Waals surface area contributed by atoms with Crippen molar-refractivity contribution in [1.29, 1.82) is 0 Å². The number of hydrogen-bond donors (Lipinski definition) is 2. The number of thioether (sulfide) groups is 1. The van der Waals surface area contributed by atoms with E-state index in [0.29, 0.717) is 42.0 Å². The van der Waals surface area contributed by atoms with Gasteiger partial charge in [-0.05, 0) is 36.8 Å². The van der Waals surface area contributed by atoms with E-state index >= 15 is 0 Å². The number of carbonyl (C=O) groups is 1. The van der Waals surface area contributed by atoms with Gasteiger partial charge in [0.05, 0.1) is 40.3 Å². The molecule has 0 saturated carbocycles. The zero-order valence-electron chi connectivity index (χ0n) is 16.0. The molecule has 0 spiro atoms. The Balaban J connectivity index is 1.31. The van der Waals surface area contributed by atoms with E-state index in [1.807, 2.05) is 37.3 Å². The highest BCUT2D eigenvalue weighted by molar-refractivity contribution is 8.00. The molecule has 2 heterocycles. The lowest BCUT2D eigenvalue weighted by molar-refractivity contribution is -0.118. The number of fused-ring (bicyclic) bond motifs is 2. The number of hydrogen-bond acceptors (Lipinski definition) is 5. The molecule has 6 nitrogen and oxygen atoms in total. The first-order chi connectivity index (χ1) is 14.1. The van der Waals surface area contributed by atoms with Gasteiger partial charge in [-0.25, -0.2) is 4.98 Å². The molecule has 3 aromatic rings. The molecule has 152 valence electrons. The van der Waals surface area contributed by atoms with Crippen LogP contribution >= 0.6 is 23.4 Å². The maximum atomic E-state index is 12.3. The monoisotopic (exact) mass is 431 g/mol. The van der Waals surface area contributed by atoms with Crippen molar-refractivity contribution in [3.05, 3.63) is 52.8 Å². The van der Waals surface area contributed by atoms with Gasteiger partial charge in [-0.2, -0.15) is 0 Å². The highest BCUT2D eigenvalue weighted by Crippen LogP contribution is 2.38. The largest absolute Gasteiger partial charge is 0.489 e. The lowest BCUT2D eigenvalue weighted by atomic mass is 10.2. The van der Waals surface area contributed by atoms with Crippen LogP contribution in [-0.2, 0) is 11.3 Å². The lowest BCUT2D eigenvalue weighted by Gasteiger charge is -2.12. The second-order valence-electron chi connectivity index (χ2n) is 6.82. The van der Waals surface area contributed by atoms with E-state index in [1.165, 1.54) is 0 Å². The standard InChI is InChI=1S/C21H22ClN3O3S/c1-13(21-24-16-5-2-3-6-17(16)25-21)29-12-19(26)23-11-14-9-15(22)20-18(10-14)27-7-4-8-28-20/h2-3,5-6,9-10,13H,4,7-8,11-12H2,1H3,(H,23,26)(H,24,25). The average molecular weight is 432 g/mol. The van der Waals surface area contributed by atoms with Gasteiger partial charge in [0.25, 0.3) is 0 Å². The van der Waals surface area contributed by atoms with E-state index in [9.17, 15) is 4.79 Å². The molecule has 0 radical (unpaired) electrons. The van der Waals surface area contributed by atoms with Crippen molar-refractivity contribution in [2.45, 2.75) is 25.1 Å². The van der Waals surface area contributed by atoms with Gasteiger partial charge >= 0.3 is 0 Å². The Morgan fingerprint density at radius 1 is 1.31 bits per heavy atom. The number of nitrogens with zero attached hydrogens (tertiary/aromatic N) is 1. The first-order valence-electron chi connectivity index (χ1n) is 9.51. The summed E-state index contributed by atoms with van der Waals surface area (Å²) in [5.41, 5.74) is 2.82. The SMILES string of the molecule is CC(SCC(=O)NCc1cc(Cl)c2c(c1)OCCCO2)c1nc2ccccc2[nH]1. The fourth-order valence-electron chi connectivity index (χ4n) is 3.08. The second kappa shape index (κ2) is 8.97. The van der Waals surface area contributed by atoms with Gasteiger partial charge in [-0.1, -0.05) is 23.7 Å². The quantitative estimate of drug-likeness (QED) is 0.601. The number of nitrogens with one attached hydrogen (secondary N) is 2. The molecule has 1 aromatic heterocycles. The van der Waals surface area contributed by atoms with Crippen LogP contribution in [0.4, 0.5) is 0 Å². The molecule has 29 heavy (non-hydrogen) atoms. The van der Waals surface area contributed by atoms with Crippen LogP contribution in [0.15, 0.2) is 36.4 Å². The van der Waals surface area contributed by atoms with Crippen molar-refractivity contribution >= 4 is 40.3 Å². The number of para-hydroxylation sites is 2. The van der Waals surface area contributed by atoms with Crippen LogP contribution < -0.4 is 14.8 Å². The second-order valence-corrected chi connectivity index (χ2v) is 8.56. The fraction of sp³-hybridized carbons (Fsp3) is 0.333. The average Bonchev–Trinajstić information content (AvgIpc) is 3.01. The Morgan fingerprint density at radius 3 is 3.00 bits per heavy atom. The number of benzene rings is 2. The van der Waals surface area contributed by atoms with Crippen LogP contribution in [0.1, 0.15) is 30.0 Å². The number of H-pyrrole nitrogens is 1. The van der Waals surface area contributed by atoms with Gasteiger partial charge < -0.3 is 19.8 Å². The third kappa shape index (κ3) is 4.79. The summed E-state index contributed by atoms with van der Waals surface area (Å²) >= 11 is 7.85. The topological polar surface area (TPSA) is 76.2 Å². The summed E-state index contributed by atoms with van der Waals surface area (Å²) in [5, 5.41) is 3.52. The van der Waals surface area contributed by atoms with E-state index in [4.69, 9.17) is 21.1 Å². The van der Waals surface area contributed by atoms with Crippen LogP contribution in [0, 0.1) is 0 Å². The number of aromatic amines is 1. The molecule has 2 aromatic carbocycles. The molecule has 0 bridgehead atoms. The zero-order valence-corrected chi connectivity index (χ0v) is 17.6. The normalized spacial score (nSPS) is 14.4. The smallest absolute Gasteiger partial charge is 0.230 e. The van der Waals surface area contributed by atoms with Gasteiger partial charge in [0.2, 0.25) is 5.91 Å². The Labute approximate surface area is 178 Å². The first kappa shape index (κ1) is 19.9. The van der Waals surface area contributed by atoms with Crippen LogP contribution in [0.25, 0.3) is 11.0 Å².